The second-order valence-corrected chi connectivity index (χ2v) is 5.30. The minimum absolute atomic E-state index is 0.0344. The SMILES string of the molecule is CC1(SC(F)(F)CF)C=CC=CC1C(=O)O. The van der Waals surface area contributed by atoms with Gasteiger partial charge in [-0.2, -0.15) is 8.78 Å². The highest BCUT2D eigenvalue weighted by Gasteiger charge is 2.46. The Labute approximate surface area is 95.2 Å². The summed E-state index contributed by atoms with van der Waals surface area (Å²) in [6.07, 6.45) is 5.65. The van der Waals surface area contributed by atoms with Gasteiger partial charge in [-0.15, -0.1) is 0 Å². The first kappa shape index (κ1) is 13.2. The van der Waals surface area contributed by atoms with Gasteiger partial charge in [0.2, 0.25) is 0 Å². The first-order valence-electron chi connectivity index (χ1n) is 4.53. The van der Waals surface area contributed by atoms with Gasteiger partial charge >= 0.3 is 11.2 Å². The Morgan fingerprint density at radius 1 is 1.56 bits per heavy atom. The van der Waals surface area contributed by atoms with Gasteiger partial charge in [0.25, 0.3) is 0 Å². The van der Waals surface area contributed by atoms with Gasteiger partial charge in [0.15, 0.2) is 6.67 Å². The van der Waals surface area contributed by atoms with Gasteiger partial charge in [0, 0.05) is 0 Å². The Morgan fingerprint density at radius 2 is 2.19 bits per heavy atom. The zero-order chi connectivity index (χ0) is 12.4. The number of allylic oxidation sites excluding steroid dienone is 2. The van der Waals surface area contributed by atoms with Gasteiger partial charge in [-0.3, -0.25) is 4.79 Å². The zero-order valence-electron chi connectivity index (χ0n) is 8.49. The maximum atomic E-state index is 13.0. The summed E-state index contributed by atoms with van der Waals surface area (Å²) in [5, 5.41) is 5.33. The average molecular weight is 252 g/mol. The Bertz CT molecular complexity index is 341. The lowest BCUT2D eigenvalue weighted by molar-refractivity contribution is -0.140. The molecule has 90 valence electrons. The fourth-order valence-electron chi connectivity index (χ4n) is 1.49. The normalized spacial score (nSPS) is 29.4. The fraction of sp³-hybridized carbons (Fsp3) is 0.500. The van der Waals surface area contributed by atoms with Crippen molar-refractivity contribution >= 4 is 17.7 Å². The van der Waals surface area contributed by atoms with E-state index in [1.807, 2.05) is 0 Å². The van der Waals surface area contributed by atoms with Crippen LogP contribution < -0.4 is 0 Å². The Morgan fingerprint density at radius 3 is 2.69 bits per heavy atom. The number of alkyl halides is 3. The lowest BCUT2D eigenvalue weighted by Crippen LogP contribution is -2.38. The third kappa shape index (κ3) is 2.81. The van der Waals surface area contributed by atoms with Gasteiger partial charge in [0.05, 0.1) is 10.7 Å². The third-order valence-corrected chi connectivity index (χ3v) is 3.49. The molecule has 0 aliphatic heterocycles. The summed E-state index contributed by atoms with van der Waals surface area (Å²) >= 11 is 0.0344. The molecule has 0 bridgehead atoms. The third-order valence-electron chi connectivity index (χ3n) is 2.25. The second kappa shape index (κ2) is 4.53. The summed E-state index contributed by atoms with van der Waals surface area (Å²) in [7, 11) is 0. The number of rotatable bonds is 4. The molecule has 0 radical (unpaired) electrons. The maximum Gasteiger partial charge on any atom is 0.322 e. The van der Waals surface area contributed by atoms with Crippen LogP contribution in [0, 0.1) is 5.92 Å². The molecule has 0 aromatic rings. The van der Waals surface area contributed by atoms with Gasteiger partial charge < -0.3 is 5.11 Å². The van der Waals surface area contributed by atoms with Crippen LogP contribution in [0.15, 0.2) is 24.3 Å². The quantitative estimate of drug-likeness (QED) is 0.836. The molecule has 0 saturated carbocycles. The van der Waals surface area contributed by atoms with E-state index in [0.29, 0.717) is 0 Å². The van der Waals surface area contributed by atoms with Crippen LogP contribution in [0.4, 0.5) is 13.2 Å². The molecule has 2 atom stereocenters. The molecule has 0 fully saturated rings. The van der Waals surface area contributed by atoms with E-state index in [9.17, 15) is 18.0 Å². The predicted octanol–water partition coefficient (Wildman–Crippen LogP) is 2.87. The largest absolute Gasteiger partial charge is 0.481 e. The minimum atomic E-state index is -3.57. The van der Waals surface area contributed by atoms with Gasteiger partial charge in [-0.05, 0) is 6.92 Å². The molecule has 0 heterocycles. The first-order chi connectivity index (χ1) is 7.31. The zero-order valence-corrected chi connectivity index (χ0v) is 9.31. The predicted molar refractivity (Wildman–Crippen MR) is 56.3 cm³/mol. The Kier molecular flexibility index (Phi) is 3.72. The maximum absolute atomic E-state index is 13.0. The Hall–Kier alpha value is -0.910. The molecule has 1 rings (SSSR count). The number of carboxylic acids is 1. The number of halogens is 3. The van der Waals surface area contributed by atoms with Crippen molar-refractivity contribution < 1.29 is 23.1 Å². The first-order valence-corrected chi connectivity index (χ1v) is 5.35. The molecule has 16 heavy (non-hydrogen) atoms. The smallest absolute Gasteiger partial charge is 0.322 e. The van der Waals surface area contributed by atoms with Crippen molar-refractivity contribution in [1.29, 1.82) is 0 Å². The van der Waals surface area contributed by atoms with E-state index in [1.165, 1.54) is 31.2 Å². The van der Waals surface area contributed by atoms with E-state index in [1.54, 1.807) is 0 Å². The number of thioether (sulfide) groups is 1. The average Bonchev–Trinajstić information content (AvgIpc) is 2.16. The highest BCUT2D eigenvalue weighted by molar-refractivity contribution is 8.01. The summed E-state index contributed by atoms with van der Waals surface area (Å²) in [6.45, 7) is -0.447. The second-order valence-electron chi connectivity index (χ2n) is 3.62. The summed E-state index contributed by atoms with van der Waals surface area (Å²) in [5.74, 6) is -2.29. The van der Waals surface area contributed by atoms with E-state index >= 15 is 0 Å². The lowest BCUT2D eigenvalue weighted by atomic mass is 9.89. The molecule has 2 unspecified atom stereocenters. The van der Waals surface area contributed by atoms with E-state index in [-0.39, 0.29) is 11.8 Å². The summed E-state index contributed by atoms with van der Waals surface area (Å²) in [4.78, 5) is 10.9. The number of hydrogen-bond donors (Lipinski definition) is 1. The molecule has 1 aliphatic carbocycles. The molecule has 0 aromatic carbocycles. The summed E-state index contributed by atoms with van der Waals surface area (Å²) < 4.78 is 36.6. The van der Waals surface area contributed by atoms with Gasteiger partial charge in [0.1, 0.15) is 0 Å². The number of aliphatic carboxylic acids is 1. The molecule has 0 spiro atoms. The van der Waals surface area contributed by atoms with Crippen molar-refractivity contribution in [3.63, 3.8) is 0 Å². The number of hydrogen-bond acceptors (Lipinski definition) is 2. The molecular formula is C10H11F3O2S. The molecular weight excluding hydrogens is 241 g/mol. The Balaban J connectivity index is 2.93. The monoisotopic (exact) mass is 252 g/mol. The van der Waals surface area contributed by atoms with Crippen molar-refractivity contribution in [2.24, 2.45) is 5.92 Å². The fourth-order valence-corrected chi connectivity index (χ4v) is 2.64. The topological polar surface area (TPSA) is 37.3 Å². The highest BCUT2D eigenvalue weighted by Crippen LogP contribution is 2.46. The molecule has 0 amide bonds. The van der Waals surface area contributed by atoms with Gasteiger partial charge in [-0.25, -0.2) is 4.39 Å². The molecule has 6 heteroatoms. The van der Waals surface area contributed by atoms with Crippen LogP contribution in [0.3, 0.4) is 0 Å². The highest BCUT2D eigenvalue weighted by atomic mass is 32.2. The van der Waals surface area contributed by atoms with Crippen LogP contribution in [0.25, 0.3) is 0 Å². The van der Waals surface area contributed by atoms with Crippen LogP contribution in [0.1, 0.15) is 6.92 Å². The lowest BCUT2D eigenvalue weighted by Gasteiger charge is -2.34. The van der Waals surface area contributed by atoms with Crippen LogP contribution >= 0.6 is 11.8 Å². The van der Waals surface area contributed by atoms with E-state index < -0.39 is 28.6 Å². The minimum Gasteiger partial charge on any atom is -0.481 e. The molecule has 0 aromatic heterocycles. The summed E-state index contributed by atoms with van der Waals surface area (Å²) in [6, 6.07) is 0. The van der Waals surface area contributed by atoms with Crippen molar-refractivity contribution in [3.05, 3.63) is 24.3 Å². The number of carbonyl (C=O) groups is 1. The number of carboxylic acid groups (broad SMARTS) is 1. The van der Waals surface area contributed by atoms with Crippen LogP contribution in [0.5, 0.6) is 0 Å². The molecule has 0 saturated heterocycles. The van der Waals surface area contributed by atoms with E-state index in [4.69, 9.17) is 5.11 Å². The van der Waals surface area contributed by atoms with Crippen LogP contribution in [-0.2, 0) is 4.79 Å². The molecule has 2 nitrogen and oxygen atoms in total. The van der Waals surface area contributed by atoms with Crippen LogP contribution in [0.2, 0.25) is 0 Å². The van der Waals surface area contributed by atoms with Crippen molar-refractivity contribution in [3.8, 4) is 0 Å². The molecule has 1 aliphatic rings. The van der Waals surface area contributed by atoms with Crippen molar-refractivity contribution in [2.75, 3.05) is 6.67 Å². The van der Waals surface area contributed by atoms with E-state index in [0.717, 1.165) is 0 Å². The van der Waals surface area contributed by atoms with Crippen molar-refractivity contribution in [2.45, 2.75) is 16.9 Å². The standard InChI is InChI=1S/C10H11F3O2S/c1-9(16-10(12,13)6-11)5-3-2-4-7(9)8(14)15/h2-5,7H,6H2,1H3,(H,14,15). The van der Waals surface area contributed by atoms with E-state index in [2.05, 4.69) is 0 Å². The summed E-state index contributed by atoms with van der Waals surface area (Å²) in [5.41, 5.74) is 0. The van der Waals surface area contributed by atoms with Crippen molar-refractivity contribution in [1.82, 2.24) is 0 Å². The van der Waals surface area contributed by atoms with Gasteiger partial charge in [-0.1, -0.05) is 36.1 Å². The molecule has 1 N–H and O–H groups in total. The van der Waals surface area contributed by atoms with Crippen LogP contribution in [-0.4, -0.2) is 27.8 Å².